The van der Waals surface area contributed by atoms with Gasteiger partial charge in [-0.3, -0.25) is 9.79 Å². The number of nitrogens with zero attached hydrogens (tertiary/aromatic N) is 1. The highest BCUT2D eigenvalue weighted by atomic mass is 32.2. The molecule has 0 radical (unpaired) electrons. The molecule has 0 N–H and O–H groups in total. The normalized spacial score (nSPS) is 30.2. The summed E-state index contributed by atoms with van der Waals surface area (Å²) < 4.78 is 0. The van der Waals surface area contributed by atoms with Crippen molar-refractivity contribution in [2.75, 3.05) is 6.54 Å². The number of carbonyl (C=O) groups is 1. The van der Waals surface area contributed by atoms with Crippen molar-refractivity contribution in [2.24, 2.45) is 10.9 Å². The van der Waals surface area contributed by atoms with Gasteiger partial charge in [-0.05, 0) is 4.91 Å². The zero-order valence-corrected chi connectivity index (χ0v) is 6.23. The smallest absolute Gasteiger partial charge is 0.194 e. The van der Waals surface area contributed by atoms with E-state index >= 15 is 0 Å². The second kappa shape index (κ2) is 2.23. The molecule has 2 aliphatic heterocycles. The molecule has 0 aromatic carbocycles. The van der Waals surface area contributed by atoms with Crippen molar-refractivity contribution in [1.29, 1.82) is 0 Å². The number of dihydropyridines is 1. The fourth-order valence-corrected chi connectivity index (χ4v) is 2.16. The number of aliphatic imine (C=N–C) groups is 1. The SMILES string of the molecule is O=C1CC2C=NCC=C2S1. The Morgan fingerprint density at radius 2 is 2.60 bits per heavy atom. The molecular formula is C7H7NOS. The van der Waals surface area contributed by atoms with Crippen LogP contribution in [-0.2, 0) is 4.79 Å². The van der Waals surface area contributed by atoms with Gasteiger partial charge in [-0.15, -0.1) is 0 Å². The first-order valence-electron chi connectivity index (χ1n) is 3.27. The van der Waals surface area contributed by atoms with Crippen LogP contribution in [0.25, 0.3) is 0 Å². The third-order valence-electron chi connectivity index (χ3n) is 1.67. The maximum Gasteiger partial charge on any atom is 0.194 e. The van der Waals surface area contributed by atoms with E-state index in [-0.39, 0.29) is 5.12 Å². The largest absolute Gasteiger partial charge is 0.293 e. The standard InChI is InChI=1S/C7H7NOS/c9-7-3-5-4-8-2-1-6(5)10-7/h1,4-5H,2-3H2. The molecule has 1 atom stereocenters. The van der Waals surface area contributed by atoms with E-state index in [0.29, 0.717) is 12.3 Å². The van der Waals surface area contributed by atoms with Crippen molar-refractivity contribution in [2.45, 2.75) is 6.42 Å². The summed E-state index contributed by atoms with van der Waals surface area (Å²) in [6, 6.07) is 0. The van der Waals surface area contributed by atoms with Crippen LogP contribution in [0.2, 0.25) is 0 Å². The molecule has 0 spiro atoms. The fourth-order valence-electron chi connectivity index (χ4n) is 1.18. The lowest BCUT2D eigenvalue weighted by Crippen LogP contribution is -2.03. The highest BCUT2D eigenvalue weighted by Crippen LogP contribution is 2.37. The minimum absolute atomic E-state index is 0.282. The molecule has 1 unspecified atom stereocenters. The molecule has 52 valence electrons. The van der Waals surface area contributed by atoms with Gasteiger partial charge in [-0.2, -0.15) is 0 Å². The van der Waals surface area contributed by atoms with Crippen LogP contribution in [0.5, 0.6) is 0 Å². The molecule has 2 aliphatic rings. The number of fused-ring (bicyclic) bond motifs is 1. The minimum Gasteiger partial charge on any atom is -0.293 e. The van der Waals surface area contributed by atoms with E-state index in [1.165, 1.54) is 16.7 Å². The molecule has 0 bridgehead atoms. The highest BCUT2D eigenvalue weighted by Gasteiger charge is 2.27. The van der Waals surface area contributed by atoms with Crippen LogP contribution in [0.15, 0.2) is 16.0 Å². The molecule has 3 heteroatoms. The summed E-state index contributed by atoms with van der Waals surface area (Å²) in [4.78, 5) is 16.2. The topological polar surface area (TPSA) is 29.4 Å². The second-order valence-corrected chi connectivity index (χ2v) is 3.54. The van der Waals surface area contributed by atoms with E-state index < -0.39 is 0 Å². The molecule has 2 rings (SSSR count). The lowest BCUT2D eigenvalue weighted by Gasteiger charge is -2.06. The first-order valence-corrected chi connectivity index (χ1v) is 4.08. The maximum absolute atomic E-state index is 10.9. The van der Waals surface area contributed by atoms with Gasteiger partial charge in [0.15, 0.2) is 5.12 Å². The van der Waals surface area contributed by atoms with Gasteiger partial charge in [-0.1, -0.05) is 17.8 Å². The van der Waals surface area contributed by atoms with E-state index in [2.05, 4.69) is 4.99 Å². The summed E-state index contributed by atoms with van der Waals surface area (Å²) in [5.74, 6) is 0.325. The van der Waals surface area contributed by atoms with Crippen LogP contribution in [-0.4, -0.2) is 17.9 Å². The van der Waals surface area contributed by atoms with E-state index in [9.17, 15) is 4.79 Å². The molecule has 2 heterocycles. The molecule has 0 aromatic rings. The van der Waals surface area contributed by atoms with E-state index in [1.807, 2.05) is 12.3 Å². The molecule has 2 nitrogen and oxygen atoms in total. The quantitative estimate of drug-likeness (QED) is 0.524. The van der Waals surface area contributed by atoms with Crippen LogP contribution in [0.1, 0.15) is 6.42 Å². The van der Waals surface area contributed by atoms with Crippen molar-refractivity contribution in [3.05, 3.63) is 11.0 Å². The Balaban J connectivity index is 2.26. The van der Waals surface area contributed by atoms with Gasteiger partial charge in [0.2, 0.25) is 0 Å². The Bertz CT molecular complexity index is 232. The first-order chi connectivity index (χ1) is 4.86. The summed E-state index contributed by atoms with van der Waals surface area (Å²) >= 11 is 1.38. The molecule has 1 saturated heterocycles. The number of rotatable bonds is 0. The van der Waals surface area contributed by atoms with Crippen LogP contribution in [0.4, 0.5) is 0 Å². The Morgan fingerprint density at radius 1 is 1.70 bits per heavy atom. The average molecular weight is 153 g/mol. The van der Waals surface area contributed by atoms with Crippen LogP contribution in [0.3, 0.4) is 0 Å². The van der Waals surface area contributed by atoms with Gasteiger partial charge in [-0.25, -0.2) is 0 Å². The molecule has 0 aliphatic carbocycles. The first kappa shape index (κ1) is 6.16. The monoisotopic (exact) mass is 153 g/mol. The minimum atomic E-state index is 0.282. The average Bonchev–Trinajstić information content (AvgIpc) is 2.27. The molecule has 10 heavy (non-hydrogen) atoms. The number of hydrogen-bond donors (Lipinski definition) is 0. The molecule has 0 saturated carbocycles. The molecule has 0 amide bonds. The van der Waals surface area contributed by atoms with E-state index in [4.69, 9.17) is 0 Å². The number of carbonyl (C=O) groups excluding carboxylic acids is 1. The Hall–Kier alpha value is -0.570. The Labute approximate surface area is 63.4 Å². The highest BCUT2D eigenvalue weighted by molar-refractivity contribution is 8.17. The van der Waals surface area contributed by atoms with Crippen molar-refractivity contribution < 1.29 is 4.79 Å². The van der Waals surface area contributed by atoms with Gasteiger partial charge in [0.25, 0.3) is 0 Å². The second-order valence-electron chi connectivity index (χ2n) is 2.41. The Morgan fingerprint density at radius 3 is 3.40 bits per heavy atom. The van der Waals surface area contributed by atoms with Crippen molar-refractivity contribution >= 4 is 23.1 Å². The predicted molar refractivity (Wildman–Crippen MR) is 42.1 cm³/mol. The van der Waals surface area contributed by atoms with Crippen LogP contribution in [0, 0.1) is 5.92 Å². The van der Waals surface area contributed by atoms with Gasteiger partial charge in [0.05, 0.1) is 6.54 Å². The third kappa shape index (κ3) is 0.904. The zero-order chi connectivity index (χ0) is 6.97. The van der Waals surface area contributed by atoms with Gasteiger partial charge in [0, 0.05) is 18.6 Å². The number of allylic oxidation sites excluding steroid dienone is 1. The lowest BCUT2D eigenvalue weighted by atomic mass is 10.1. The number of thioether (sulfide) groups is 1. The van der Waals surface area contributed by atoms with Crippen LogP contribution < -0.4 is 0 Å². The van der Waals surface area contributed by atoms with E-state index in [0.717, 1.165) is 6.54 Å². The van der Waals surface area contributed by atoms with Gasteiger partial charge < -0.3 is 0 Å². The third-order valence-corrected chi connectivity index (χ3v) is 2.77. The van der Waals surface area contributed by atoms with E-state index in [1.54, 1.807) is 0 Å². The zero-order valence-electron chi connectivity index (χ0n) is 5.41. The summed E-state index contributed by atoms with van der Waals surface area (Å²) in [7, 11) is 0. The van der Waals surface area contributed by atoms with Crippen molar-refractivity contribution in [3.8, 4) is 0 Å². The molecule has 1 fully saturated rings. The summed E-state index contributed by atoms with van der Waals surface area (Å²) in [5, 5.41) is 0.282. The van der Waals surface area contributed by atoms with Gasteiger partial charge in [0.1, 0.15) is 0 Å². The lowest BCUT2D eigenvalue weighted by molar-refractivity contribution is -0.110. The van der Waals surface area contributed by atoms with Gasteiger partial charge >= 0.3 is 0 Å². The molecule has 0 aromatic heterocycles. The Kier molecular flexibility index (Phi) is 1.38. The maximum atomic E-state index is 10.9. The van der Waals surface area contributed by atoms with Crippen molar-refractivity contribution in [3.63, 3.8) is 0 Å². The summed E-state index contributed by atoms with van der Waals surface area (Å²) in [5.41, 5.74) is 0. The van der Waals surface area contributed by atoms with Crippen LogP contribution >= 0.6 is 11.8 Å². The summed E-state index contributed by atoms with van der Waals surface area (Å²) in [6.07, 6.45) is 4.59. The van der Waals surface area contributed by atoms with Crippen molar-refractivity contribution in [1.82, 2.24) is 0 Å². The predicted octanol–water partition coefficient (Wildman–Crippen LogP) is 1.23. The molecular weight excluding hydrogens is 146 g/mol. The fraction of sp³-hybridized carbons (Fsp3) is 0.429. The number of hydrogen-bond acceptors (Lipinski definition) is 3. The summed E-state index contributed by atoms with van der Waals surface area (Å²) in [6.45, 7) is 0.756.